The molecule has 14 heavy (non-hydrogen) atoms. The molecule has 80 valence electrons. The fourth-order valence-corrected chi connectivity index (χ4v) is 2.32. The Bertz CT molecular complexity index is 232. The predicted molar refractivity (Wildman–Crippen MR) is 52.7 cm³/mol. The number of hydrogen-bond acceptors (Lipinski definition) is 3. The molecule has 0 unspecified atom stereocenters. The first-order valence-electron chi connectivity index (χ1n) is 5.36. The van der Waals surface area contributed by atoms with Gasteiger partial charge in [-0.2, -0.15) is 0 Å². The van der Waals surface area contributed by atoms with Gasteiger partial charge in [-0.3, -0.25) is 4.79 Å². The summed E-state index contributed by atoms with van der Waals surface area (Å²) < 4.78 is 0. The van der Waals surface area contributed by atoms with E-state index in [9.17, 15) is 9.90 Å². The topological polar surface area (TPSA) is 52.6 Å². The van der Waals surface area contributed by atoms with Gasteiger partial charge >= 0.3 is 0 Å². The number of aliphatic hydroxyl groups excluding tert-OH is 1. The smallest absolute Gasteiger partial charge is 0.227 e. The van der Waals surface area contributed by atoms with Crippen molar-refractivity contribution in [1.29, 1.82) is 0 Å². The summed E-state index contributed by atoms with van der Waals surface area (Å²) in [5.41, 5.74) is 0. The second kappa shape index (κ2) is 3.87. The van der Waals surface area contributed by atoms with Crippen molar-refractivity contribution < 1.29 is 9.90 Å². The minimum Gasteiger partial charge on any atom is -0.391 e. The summed E-state index contributed by atoms with van der Waals surface area (Å²) in [6, 6.07) is 0. The molecule has 2 saturated heterocycles. The van der Waals surface area contributed by atoms with Gasteiger partial charge < -0.3 is 15.3 Å². The Kier molecular flexibility index (Phi) is 2.74. The number of β-amino-alcohol motifs (C(OH)–C–C–N with tert-alkyl or cyclic N) is 1. The highest BCUT2D eigenvalue weighted by molar-refractivity contribution is 5.80. The van der Waals surface area contributed by atoms with Crippen molar-refractivity contribution in [2.24, 2.45) is 11.8 Å². The normalized spacial score (nSPS) is 37.9. The minimum absolute atomic E-state index is 0.125. The fraction of sp³-hybridized carbons (Fsp3) is 0.900. The van der Waals surface area contributed by atoms with Gasteiger partial charge in [-0.15, -0.1) is 0 Å². The predicted octanol–water partition coefficient (Wildman–Crippen LogP) is -0.565. The molecule has 0 bridgehead atoms. The van der Waals surface area contributed by atoms with Crippen LogP contribution in [0.15, 0.2) is 0 Å². The van der Waals surface area contributed by atoms with Gasteiger partial charge in [0.25, 0.3) is 0 Å². The van der Waals surface area contributed by atoms with E-state index in [4.69, 9.17) is 0 Å². The van der Waals surface area contributed by atoms with Crippen LogP contribution in [0.25, 0.3) is 0 Å². The van der Waals surface area contributed by atoms with Crippen LogP contribution >= 0.6 is 0 Å². The first-order valence-corrected chi connectivity index (χ1v) is 5.36. The molecule has 0 saturated carbocycles. The average Bonchev–Trinajstić information content (AvgIpc) is 2.73. The van der Waals surface area contributed by atoms with Gasteiger partial charge in [0, 0.05) is 19.6 Å². The van der Waals surface area contributed by atoms with E-state index >= 15 is 0 Å². The number of hydrogen-bond donors (Lipinski definition) is 2. The van der Waals surface area contributed by atoms with Gasteiger partial charge in [0.05, 0.1) is 12.0 Å². The molecule has 0 aromatic carbocycles. The van der Waals surface area contributed by atoms with Gasteiger partial charge in [-0.05, 0) is 18.9 Å². The number of aliphatic hydroxyl groups is 1. The number of rotatable bonds is 1. The maximum absolute atomic E-state index is 12.0. The largest absolute Gasteiger partial charge is 0.391 e. The van der Waals surface area contributed by atoms with Gasteiger partial charge in [-0.1, -0.05) is 6.92 Å². The van der Waals surface area contributed by atoms with E-state index in [0.717, 1.165) is 26.1 Å². The Morgan fingerprint density at radius 3 is 2.79 bits per heavy atom. The number of amides is 1. The van der Waals surface area contributed by atoms with Crippen molar-refractivity contribution in [3.63, 3.8) is 0 Å². The zero-order valence-electron chi connectivity index (χ0n) is 8.57. The molecule has 0 aliphatic carbocycles. The Balaban J connectivity index is 1.94. The van der Waals surface area contributed by atoms with E-state index in [1.165, 1.54) is 0 Å². The zero-order chi connectivity index (χ0) is 10.1. The van der Waals surface area contributed by atoms with E-state index in [1.54, 1.807) is 4.90 Å². The van der Waals surface area contributed by atoms with Gasteiger partial charge in [0.15, 0.2) is 0 Å². The summed E-state index contributed by atoms with van der Waals surface area (Å²) in [6.45, 7) is 5.10. The van der Waals surface area contributed by atoms with Crippen LogP contribution in [-0.4, -0.2) is 48.2 Å². The van der Waals surface area contributed by atoms with E-state index < -0.39 is 0 Å². The lowest BCUT2D eigenvalue weighted by Gasteiger charge is -2.21. The van der Waals surface area contributed by atoms with Crippen molar-refractivity contribution in [3.05, 3.63) is 0 Å². The van der Waals surface area contributed by atoms with E-state index in [-0.39, 0.29) is 17.9 Å². The van der Waals surface area contributed by atoms with Crippen LogP contribution < -0.4 is 5.32 Å². The lowest BCUT2D eigenvalue weighted by atomic mass is 9.97. The molecule has 4 heteroatoms. The lowest BCUT2D eigenvalue weighted by Crippen LogP contribution is -2.37. The third kappa shape index (κ3) is 1.77. The molecule has 0 aromatic rings. The van der Waals surface area contributed by atoms with Crippen molar-refractivity contribution in [2.45, 2.75) is 19.4 Å². The first kappa shape index (κ1) is 9.93. The number of nitrogens with one attached hydrogen (secondary N) is 1. The first-order chi connectivity index (χ1) is 6.68. The number of carbonyl (C=O) groups is 1. The molecule has 2 heterocycles. The van der Waals surface area contributed by atoms with Crippen LogP contribution in [0.4, 0.5) is 0 Å². The van der Waals surface area contributed by atoms with Gasteiger partial charge in [0.2, 0.25) is 5.91 Å². The van der Waals surface area contributed by atoms with Crippen LogP contribution in [0.2, 0.25) is 0 Å². The molecule has 4 nitrogen and oxygen atoms in total. The Morgan fingerprint density at radius 1 is 1.50 bits per heavy atom. The van der Waals surface area contributed by atoms with Crippen LogP contribution in [0.5, 0.6) is 0 Å². The Hall–Kier alpha value is -0.610. The van der Waals surface area contributed by atoms with Gasteiger partial charge in [0.1, 0.15) is 0 Å². The summed E-state index contributed by atoms with van der Waals surface area (Å²) in [5, 5.41) is 12.6. The average molecular weight is 198 g/mol. The van der Waals surface area contributed by atoms with Crippen molar-refractivity contribution in [3.8, 4) is 0 Å². The quantitative estimate of drug-likeness (QED) is 0.593. The molecule has 1 amide bonds. The second-order valence-corrected chi connectivity index (χ2v) is 4.47. The molecular formula is C10H18N2O2. The number of nitrogens with zero attached hydrogens (tertiary/aromatic N) is 1. The molecule has 2 N–H and O–H groups in total. The molecule has 2 aliphatic heterocycles. The standard InChI is InChI=1S/C10H18N2O2/c1-7-4-11-5-9(7)10(14)12-3-2-8(13)6-12/h7-9,11,13H,2-6H2,1H3/t7-,8-,9-/m1/s1. The SMILES string of the molecule is C[C@@H]1CNC[C@H]1C(=O)N1CC[C@@H](O)C1. The molecular weight excluding hydrogens is 180 g/mol. The maximum Gasteiger partial charge on any atom is 0.227 e. The summed E-state index contributed by atoms with van der Waals surface area (Å²) in [6.07, 6.45) is 0.434. The minimum atomic E-state index is -0.302. The Labute approximate surface area is 84.3 Å². The molecule has 0 spiro atoms. The third-order valence-electron chi connectivity index (χ3n) is 3.31. The molecule has 2 fully saturated rings. The van der Waals surface area contributed by atoms with E-state index in [1.807, 2.05) is 0 Å². The van der Waals surface area contributed by atoms with Crippen molar-refractivity contribution in [1.82, 2.24) is 10.2 Å². The highest BCUT2D eigenvalue weighted by Crippen LogP contribution is 2.21. The molecule has 0 radical (unpaired) electrons. The number of likely N-dealkylation sites (tertiary alicyclic amines) is 1. The fourth-order valence-electron chi connectivity index (χ4n) is 2.32. The molecule has 2 rings (SSSR count). The van der Waals surface area contributed by atoms with Gasteiger partial charge in [-0.25, -0.2) is 0 Å². The van der Waals surface area contributed by atoms with Crippen LogP contribution in [0.1, 0.15) is 13.3 Å². The molecule has 0 aromatic heterocycles. The van der Waals surface area contributed by atoms with Crippen LogP contribution in [0.3, 0.4) is 0 Å². The molecule has 2 aliphatic rings. The van der Waals surface area contributed by atoms with Crippen molar-refractivity contribution >= 4 is 5.91 Å². The molecule has 3 atom stereocenters. The third-order valence-corrected chi connectivity index (χ3v) is 3.31. The van der Waals surface area contributed by atoms with Crippen LogP contribution in [0, 0.1) is 11.8 Å². The monoisotopic (exact) mass is 198 g/mol. The highest BCUT2D eigenvalue weighted by atomic mass is 16.3. The highest BCUT2D eigenvalue weighted by Gasteiger charge is 2.35. The van der Waals surface area contributed by atoms with Crippen LogP contribution in [-0.2, 0) is 4.79 Å². The second-order valence-electron chi connectivity index (χ2n) is 4.47. The Morgan fingerprint density at radius 2 is 2.29 bits per heavy atom. The summed E-state index contributed by atoms with van der Waals surface area (Å²) in [5.74, 6) is 0.777. The summed E-state index contributed by atoms with van der Waals surface area (Å²) in [7, 11) is 0. The lowest BCUT2D eigenvalue weighted by molar-refractivity contribution is -0.135. The number of carbonyl (C=O) groups excluding carboxylic acids is 1. The van der Waals surface area contributed by atoms with E-state index in [2.05, 4.69) is 12.2 Å². The summed E-state index contributed by atoms with van der Waals surface area (Å²) in [4.78, 5) is 13.8. The van der Waals surface area contributed by atoms with Crippen molar-refractivity contribution in [2.75, 3.05) is 26.2 Å². The summed E-state index contributed by atoms with van der Waals surface area (Å²) >= 11 is 0. The zero-order valence-corrected chi connectivity index (χ0v) is 8.57. The maximum atomic E-state index is 12.0. The van der Waals surface area contributed by atoms with E-state index in [0.29, 0.717) is 12.5 Å².